The second kappa shape index (κ2) is 5.69. The molecular weight excluding hydrogens is 232 g/mol. The summed E-state index contributed by atoms with van der Waals surface area (Å²) in [5.41, 5.74) is 5.80. The van der Waals surface area contributed by atoms with Crippen LogP contribution in [0.15, 0.2) is 0 Å². The highest BCUT2D eigenvalue weighted by Gasteiger charge is 2.34. The summed E-state index contributed by atoms with van der Waals surface area (Å²) >= 11 is 0. The van der Waals surface area contributed by atoms with Crippen molar-refractivity contribution in [3.05, 3.63) is 0 Å². The maximum absolute atomic E-state index is 12.1. The van der Waals surface area contributed by atoms with Gasteiger partial charge in [-0.3, -0.25) is 9.59 Å². The molecule has 4 atom stereocenters. The fourth-order valence-corrected chi connectivity index (χ4v) is 3.15. The van der Waals surface area contributed by atoms with E-state index in [1.807, 2.05) is 0 Å². The molecule has 4 N–H and O–H groups in total. The Labute approximate surface area is 107 Å². The number of amides is 1. The third-order valence-electron chi connectivity index (χ3n) is 4.25. The molecule has 2 aliphatic carbocycles. The van der Waals surface area contributed by atoms with E-state index in [1.165, 1.54) is 0 Å². The summed E-state index contributed by atoms with van der Waals surface area (Å²) in [7, 11) is 0. The van der Waals surface area contributed by atoms with Gasteiger partial charge in [0, 0.05) is 18.0 Å². The van der Waals surface area contributed by atoms with E-state index >= 15 is 0 Å². The van der Waals surface area contributed by atoms with E-state index in [2.05, 4.69) is 5.32 Å². The van der Waals surface area contributed by atoms with Crippen molar-refractivity contribution in [1.82, 2.24) is 5.32 Å². The lowest BCUT2D eigenvalue weighted by Crippen LogP contribution is -2.46. The Morgan fingerprint density at radius 3 is 2.44 bits per heavy atom. The van der Waals surface area contributed by atoms with Crippen LogP contribution in [0.25, 0.3) is 0 Å². The molecule has 0 bridgehead atoms. The van der Waals surface area contributed by atoms with E-state index in [9.17, 15) is 9.59 Å². The predicted molar refractivity (Wildman–Crippen MR) is 66.8 cm³/mol. The molecule has 0 saturated heterocycles. The molecule has 102 valence electrons. The van der Waals surface area contributed by atoms with E-state index in [-0.39, 0.29) is 23.9 Å². The summed E-state index contributed by atoms with van der Waals surface area (Å²) in [4.78, 5) is 23.2. The van der Waals surface area contributed by atoms with Gasteiger partial charge >= 0.3 is 5.97 Å². The minimum Gasteiger partial charge on any atom is -0.481 e. The van der Waals surface area contributed by atoms with Crippen LogP contribution in [0.5, 0.6) is 0 Å². The molecule has 0 aromatic rings. The molecule has 0 spiro atoms. The molecule has 2 saturated carbocycles. The van der Waals surface area contributed by atoms with Gasteiger partial charge in [0.05, 0.1) is 5.92 Å². The molecule has 5 heteroatoms. The van der Waals surface area contributed by atoms with Crippen LogP contribution >= 0.6 is 0 Å². The van der Waals surface area contributed by atoms with Gasteiger partial charge < -0.3 is 16.2 Å². The van der Waals surface area contributed by atoms with Crippen LogP contribution in [0.1, 0.15) is 44.9 Å². The fraction of sp³-hybridized carbons (Fsp3) is 0.846. The van der Waals surface area contributed by atoms with Gasteiger partial charge in [0.15, 0.2) is 0 Å². The number of carboxylic acid groups (broad SMARTS) is 1. The molecule has 0 radical (unpaired) electrons. The number of carbonyl (C=O) groups excluding carboxylic acids is 1. The highest BCUT2D eigenvalue weighted by atomic mass is 16.4. The molecule has 0 aromatic heterocycles. The fourth-order valence-electron chi connectivity index (χ4n) is 3.15. The number of nitrogens with two attached hydrogens (primary N) is 1. The van der Waals surface area contributed by atoms with E-state index in [0.717, 1.165) is 38.5 Å². The van der Waals surface area contributed by atoms with Crippen molar-refractivity contribution < 1.29 is 14.7 Å². The van der Waals surface area contributed by atoms with E-state index in [4.69, 9.17) is 10.8 Å². The average Bonchev–Trinajstić information content (AvgIpc) is 2.76. The molecule has 2 fully saturated rings. The van der Waals surface area contributed by atoms with Gasteiger partial charge in [0.25, 0.3) is 0 Å². The highest BCUT2D eigenvalue weighted by molar-refractivity contribution is 5.80. The first kappa shape index (κ1) is 13.3. The number of carbonyl (C=O) groups is 2. The molecule has 2 aliphatic rings. The van der Waals surface area contributed by atoms with E-state index < -0.39 is 11.9 Å². The molecule has 4 unspecified atom stereocenters. The Hall–Kier alpha value is -1.10. The first-order valence-electron chi connectivity index (χ1n) is 6.86. The number of hydrogen-bond acceptors (Lipinski definition) is 3. The van der Waals surface area contributed by atoms with Crippen molar-refractivity contribution >= 4 is 11.9 Å². The third kappa shape index (κ3) is 3.02. The molecule has 0 heterocycles. The predicted octanol–water partition coefficient (Wildman–Crippen LogP) is 0.873. The van der Waals surface area contributed by atoms with E-state index in [0.29, 0.717) is 6.42 Å². The first-order chi connectivity index (χ1) is 8.58. The van der Waals surface area contributed by atoms with Gasteiger partial charge in [0.2, 0.25) is 5.91 Å². The zero-order valence-corrected chi connectivity index (χ0v) is 10.6. The van der Waals surface area contributed by atoms with Gasteiger partial charge in [-0.15, -0.1) is 0 Å². The van der Waals surface area contributed by atoms with Crippen molar-refractivity contribution in [3.63, 3.8) is 0 Å². The van der Waals surface area contributed by atoms with Crippen molar-refractivity contribution in [2.45, 2.75) is 57.0 Å². The van der Waals surface area contributed by atoms with Crippen LogP contribution in [0.2, 0.25) is 0 Å². The van der Waals surface area contributed by atoms with E-state index in [1.54, 1.807) is 0 Å². The Balaban J connectivity index is 1.90. The zero-order valence-electron chi connectivity index (χ0n) is 10.6. The minimum absolute atomic E-state index is 0.00102. The second-order valence-corrected chi connectivity index (χ2v) is 5.61. The van der Waals surface area contributed by atoms with Crippen LogP contribution in [-0.4, -0.2) is 29.1 Å². The summed E-state index contributed by atoms with van der Waals surface area (Å²) in [6, 6.07) is -0.0667. The van der Waals surface area contributed by atoms with Gasteiger partial charge in [-0.25, -0.2) is 0 Å². The number of carboxylic acids is 1. The number of rotatable bonds is 3. The average molecular weight is 254 g/mol. The first-order valence-corrected chi connectivity index (χ1v) is 6.86. The molecule has 1 amide bonds. The summed E-state index contributed by atoms with van der Waals surface area (Å²) in [6.07, 6.45) is 5.85. The summed E-state index contributed by atoms with van der Waals surface area (Å²) in [6.45, 7) is 0. The normalized spacial score (nSPS) is 36.3. The van der Waals surface area contributed by atoms with Crippen LogP contribution in [0.4, 0.5) is 0 Å². The van der Waals surface area contributed by atoms with Crippen molar-refractivity contribution in [3.8, 4) is 0 Å². The second-order valence-electron chi connectivity index (χ2n) is 5.61. The minimum atomic E-state index is -0.789. The quantitative estimate of drug-likeness (QED) is 0.697. The van der Waals surface area contributed by atoms with Crippen LogP contribution in [0, 0.1) is 11.8 Å². The van der Waals surface area contributed by atoms with Crippen molar-refractivity contribution in [2.75, 3.05) is 0 Å². The maximum atomic E-state index is 12.1. The zero-order chi connectivity index (χ0) is 13.1. The Bertz CT molecular complexity index is 332. The summed E-state index contributed by atoms with van der Waals surface area (Å²) < 4.78 is 0. The standard InChI is InChI=1S/C13H22N2O3/c14-9-6-5-8(7-9)12(16)15-11-4-2-1-3-10(11)13(17)18/h8-11H,1-7,14H2,(H,15,16)(H,17,18). The smallest absolute Gasteiger partial charge is 0.308 e. The van der Waals surface area contributed by atoms with Crippen LogP contribution < -0.4 is 11.1 Å². The topological polar surface area (TPSA) is 92.4 Å². The Morgan fingerprint density at radius 2 is 1.83 bits per heavy atom. The highest BCUT2D eigenvalue weighted by Crippen LogP contribution is 2.27. The molecular formula is C13H22N2O3. The van der Waals surface area contributed by atoms with Gasteiger partial charge in [-0.2, -0.15) is 0 Å². The lowest BCUT2D eigenvalue weighted by Gasteiger charge is -2.30. The Kier molecular flexibility index (Phi) is 4.22. The van der Waals surface area contributed by atoms with Gasteiger partial charge in [-0.05, 0) is 32.1 Å². The monoisotopic (exact) mass is 254 g/mol. The lowest BCUT2D eigenvalue weighted by molar-refractivity contribution is -0.144. The molecule has 5 nitrogen and oxygen atoms in total. The lowest BCUT2D eigenvalue weighted by atomic mass is 9.84. The van der Waals surface area contributed by atoms with Crippen molar-refractivity contribution in [1.29, 1.82) is 0 Å². The number of hydrogen-bond donors (Lipinski definition) is 3. The van der Waals surface area contributed by atoms with Gasteiger partial charge in [-0.1, -0.05) is 12.8 Å². The number of nitrogens with one attached hydrogen (secondary N) is 1. The van der Waals surface area contributed by atoms with Crippen LogP contribution in [-0.2, 0) is 9.59 Å². The van der Waals surface area contributed by atoms with Gasteiger partial charge in [0.1, 0.15) is 0 Å². The number of aliphatic carboxylic acids is 1. The maximum Gasteiger partial charge on any atom is 0.308 e. The van der Waals surface area contributed by atoms with Crippen molar-refractivity contribution in [2.24, 2.45) is 17.6 Å². The summed E-state index contributed by atoms with van der Waals surface area (Å²) in [5, 5.41) is 12.1. The third-order valence-corrected chi connectivity index (χ3v) is 4.25. The van der Waals surface area contributed by atoms with Crippen LogP contribution in [0.3, 0.4) is 0 Å². The molecule has 18 heavy (non-hydrogen) atoms. The molecule has 2 rings (SSSR count). The Morgan fingerprint density at radius 1 is 1.11 bits per heavy atom. The summed E-state index contributed by atoms with van der Waals surface area (Å²) in [5.74, 6) is -1.22. The SMILES string of the molecule is NC1CCC(C(=O)NC2CCCCC2C(=O)O)C1. The molecule has 0 aromatic carbocycles. The largest absolute Gasteiger partial charge is 0.481 e. The molecule has 0 aliphatic heterocycles.